The molecule has 1 heterocycles. The molecule has 1 amide bonds. The summed E-state index contributed by atoms with van der Waals surface area (Å²) in [6.45, 7) is 5.18. The van der Waals surface area contributed by atoms with E-state index in [1.54, 1.807) is 0 Å². The van der Waals surface area contributed by atoms with E-state index in [1.165, 1.54) is 32.1 Å². The Kier molecular flexibility index (Phi) is 8.55. The molecule has 0 aromatic rings. The molecule has 0 bridgehead atoms. The quantitative estimate of drug-likeness (QED) is 0.816. The molecule has 1 saturated heterocycles. The zero-order valence-corrected chi connectivity index (χ0v) is 13.7. The van der Waals surface area contributed by atoms with Crippen molar-refractivity contribution >= 4 is 18.3 Å². The molecule has 1 N–H and O–H groups in total. The van der Waals surface area contributed by atoms with Gasteiger partial charge in [0.2, 0.25) is 5.91 Å². The number of rotatable bonds is 6. The van der Waals surface area contributed by atoms with Gasteiger partial charge in [0.05, 0.1) is 0 Å². The summed E-state index contributed by atoms with van der Waals surface area (Å²) < 4.78 is 0. The summed E-state index contributed by atoms with van der Waals surface area (Å²) in [7, 11) is 0. The first-order chi connectivity index (χ1) is 9.31. The highest BCUT2D eigenvalue weighted by Gasteiger charge is 2.26. The first-order valence-electron chi connectivity index (χ1n) is 8.31. The average molecular weight is 303 g/mol. The maximum Gasteiger partial charge on any atom is 0.222 e. The lowest BCUT2D eigenvalue weighted by Gasteiger charge is -2.29. The number of carbonyl (C=O) groups excluding carboxylic acids is 1. The predicted octanol–water partition coefficient (Wildman–Crippen LogP) is 3.37. The Morgan fingerprint density at radius 1 is 1.20 bits per heavy atom. The number of halogens is 1. The first-order valence-corrected chi connectivity index (χ1v) is 8.31. The molecule has 2 fully saturated rings. The van der Waals surface area contributed by atoms with Crippen molar-refractivity contribution in [1.29, 1.82) is 0 Å². The van der Waals surface area contributed by atoms with E-state index in [4.69, 9.17) is 0 Å². The summed E-state index contributed by atoms with van der Waals surface area (Å²) in [5.41, 5.74) is 0. The van der Waals surface area contributed by atoms with Crippen molar-refractivity contribution in [3.05, 3.63) is 0 Å². The van der Waals surface area contributed by atoms with Gasteiger partial charge in [0, 0.05) is 25.6 Å². The van der Waals surface area contributed by atoms with Crippen molar-refractivity contribution in [2.45, 2.75) is 70.8 Å². The van der Waals surface area contributed by atoms with Crippen molar-refractivity contribution in [2.24, 2.45) is 5.92 Å². The highest BCUT2D eigenvalue weighted by Crippen LogP contribution is 2.27. The van der Waals surface area contributed by atoms with Crippen LogP contribution in [0.1, 0.15) is 64.7 Å². The topological polar surface area (TPSA) is 32.3 Å². The van der Waals surface area contributed by atoms with Gasteiger partial charge >= 0.3 is 0 Å². The molecule has 0 radical (unpaired) electrons. The third-order valence-corrected chi connectivity index (χ3v) is 4.75. The number of amides is 1. The summed E-state index contributed by atoms with van der Waals surface area (Å²) in [5.74, 6) is 1.23. The molecular formula is C16H31ClN2O. The lowest BCUT2D eigenvalue weighted by Crippen LogP contribution is -2.42. The highest BCUT2D eigenvalue weighted by molar-refractivity contribution is 5.85. The van der Waals surface area contributed by atoms with Gasteiger partial charge in [-0.15, -0.1) is 12.4 Å². The van der Waals surface area contributed by atoms with Gasteiger partial charge in [-0.05, 0) is 31.7 Å². The molecule has 1 unspecified atom stereocenters. The second-order valence-corrected chi connectivity index (χ2v) is 6.28. The van der Waals surface area contributed by atoms with Crippen LogP contribution in [0, 0.1) is 5.92 Å². The van der Waals surface area contributed by atoms with Crippen LogP contribution in [-0.2, 0) is 4.79 Å². The fourth-order valence-corrected chi connectivity index (χ4v) is 3.60. The van der Waals surface area contributed by atoms with E-state index in [-0.39, 0.29) is 12.4 Å². The Hall–Kier alpha value is -0.280. The van der Waals surface area contributed by atoms with Crippen LogP contribution in [0.2, 0.25) is 0 Å². The van der Waals surface area contributed by atoms with Crippen molar-refractivity contribution < 1.29 is 4.79 Å². The lowest BCUT2D eigenvalue weighted by molar-refractivity contribution is -0.133. The second-order valence-electron chi connectivity index (χ2n) is 6.28. The van der Waals surface area contributed by atoms with E-state index in [2.05, 4.69) is 17.1 Å². The summed E-state index contributed by atoms with van der Waals surface area (Å²) in [4.78, 5) is 14.6. The van der Waals surface area contributed by atoms with Crippen LogP contribution in [-0.4, -0.2) is 36.5 Å². The Labute approximate surface area is 130 Å². The third kappa shape index (κ3) is 5.25. The van der Waals surface area contributed by atoms with Crippen LogP contribution < -0.4 is 5.32 Å². The summed E-state index contributed by atoms with van der Waals surface area (Å²) in [6, 6.07) is 0.457. The van der Waals surface area contributed by atoms with Crippen molar-refractivity contribution in [2.75, 3.05) is 19.6 Å². The minimum atomic E-state index is 0. The molecule has 2 rings (SSSR count). The Bertz CT molecular complexity index is 274. The molecular weight excluding hydrogens is 272 g/mol. The van der Waals surface area contributed by atoms with E-state index >= 15 is 0 Å². The van der Waals surface area contributed by atoms with Crippen LogP contribution >= 0.6 is 12.4 Å². The SMILES string of the molecule is CCCN(C(=O)CCC1CCCCC1)C1CCNC1.Cl. The molecule has 4 heteroatoms. The number of hydrogen-bond donors (Lipinski definition) is 1. The van der Waals surface area contributed by atoms with Crippen LogP contribution in [0.4, 0.5) is 0 Å². The minimum Gasteiger partial charge on any atom is -0.338 e. The van der Waals surface area contributed by atoms with Gasteiger partial charge < -0.3 is 10.2 Å². The number of nitrogens with zero attached hydrogens (tertiary/aromatic N) is 1. The smallest absolute Gasteiger partial charge is 0.222 e. The van der Waals surface area contributed by atoms with Crippen LogP contribution in [0.5, 0.6) is 0 Å². The van der Waals surface area contributed by atoms with Crippen molar-refractivity contribution in [1.82, 2.24) is 10.2 Å². The predicted molar refractivity (Wildman–Crippen MR) is 86.3 cm³/mol. The van der Waals surface area contributed by atoms with Gasteiger partial charge in [0.1, 0.15) is 0 Å². The second kappa shape index (κ2) is 9.62. The maximum atomic E-state index is 12.5. The van der Waals surface area contributed by atoms with Gasteiger partial charge in [-0.25, -0.2) is 0 Å². The van der Waals surface area contributed by atoms with E-state index in [1.807, 2.05) is 0 Å². The van der Waals surface area contributed by atoms with E-state index in [9.17, 15) is 4.79 Å². The highest BCUT2D eigenvalue weighted by atomic mass is 35.5. The summed E-state index contributed by atoms with van der Waals surface area (Å²) >= 11 is 0. The zero-order chi connectivity index (χ0) is 13.5. The Morgan fingerprint density at radius 2 is 1.95 bits per heavy atom. The molecule has 1 saturated carbocycles. The minimum absolute atomic E-state index is 0. The van der Waals surface area contributed by atoms with Gasteiger partial charge in [-0.1, -0.05) is 39.0 Å². The molecule has 1 aliphatic carbocycles. The first kappa shape index (κ1) is 17.8. The zero-order valence-electron chi connectivity index (χ0n) is 12.9. The van der Waals surface area contributed by atoms with Crippen LogP contribution in [0.15, 0.2) is 0 Å². The van der Waals surface area contributed by atoms with Gasteiger partial charge in [0.15, 0.2) is 0 Å². The fraction of sp³-hybridized carbons (Fsp3) is 0.938. The molecule has 20 heavy (non-hydrogen) atoms. The third-order valence-electron chi connectivity index (χ3n) is 4.75. The molecule has 3 nitrogen and oxygen atoms in total. The van der Waals surface area contributed by atoms with Crippen LogP contribution in [0.3, 0.4) is 0 Å². The Balaban J connectivity index is 0.00000200. The van der Waals surface area contributed by atoms with Crippen molar-refractivity contribution in [3.63, 3.8) is 0 Å². The fourth-order valence-electron chi connectivity index (χ4n) is 3.60. The summed E-state index contributed by atoms with van der Waals surface area (Å²) in [5, 5.41) is 3.38. The molecule has 0 aromatic carbocycles. The maximum absolute atomic E-state index is 12.5. The number of carbonyl (C=O) groups is 1. The van der Waals surface area contributed by atoms with Gasteiger partial charge in [-0.3, -0.25) is 4.79 Å². The number of nitrogens with one attached hydrogen (secondary N) is 1. The Morgan fingerprint density at radius 3 is 2.55 bits per heavy atom. The number of hydrogen-bond acceptors (Lipinski definition) is 2. The van der Waals surface area contributed by atoms with E-state index in [0.29, 0.717) is 11.9 Å². The largest absolute Gasteiger partial charge is 0.338 e. The monoisotopic (exact) mass is 302 g/mol. The molecule has 118 valence electrons. The standard InChI is InChI=1S/C16H30N2O.ClH/c1-2-12-18(15-10-11-17-13-15)16(19)9-8-14-6-4-3-5-7-14;/h14-15,17H,2-13H2,1H3;1H. The molecule has 1 aliphatic heterocycles. The van der Waals surface area contributed by atoms with Crippen LogP contribution in [0.25, 0.3) is 0 Å². The van der Waals surface area contributed by atoms with E-state index < -0.39 is 0 Å². The molecule has 0 spiro atoms. The van der Waals surface area contributed by atoms with Gasteiger partial charge in [0.25, 0.3) is 0 Å². The molecule has 0 aromatic heterocycles. The average Bonchev–Trinajstić information content (AvgIpc) is 2.97. The normalized spacial score (nSPS) is 23.4. The van der Waals surface area contributed by atoms with E-state index in [0.717, 1.165) is 51.2 Å². The van der Waals surface area contributed by atoms with Gasteiger partial charge in [-0.2, -0.15) is 0 Å². The molecule has 2 aliphatic rings. The lowest BCUT2D eigenvalue weighted by atomic mass is 9.86. The molecule has 1 atom stereocenters. The summed E-state index contributed by atoms with van der Waals surface area (Å²) in [6.07, 6.45) is 11.0. The van der Waals surface area contributed by atoms with Crippen molar-refractivity contribution in [3.8, 4) is 0 Å².